The molecule has 1 amide bonds. The number of anilines is 1. The van der Waals surface area contributed by atoms with Crippen LogP contribution < -0.4 is 5.32 Å². The molecule has 190 valence electrons. The Morgan fingerprint density at radius 1 is 0.919 bits per heavy atom. The summed E-state index contributed by atoms with van der Waals surface area (Å²) >= 11 is 0. The maximum absolute atomic E-state index is 12.5. The van der Waals surface area contributed by atoms with Crippen LogP contribution >= 0.6 is 0 Å². The number of rotatable bonds is 7. The van der Waals surface area contributed by atoms with Crippen LogP contribution in [0, 0.1) is 6.92 Å². The molecule has 0 fully saturated rings. The minimum atomic E-state index is -1.26. The van der Waals surface area contributed by atoms with Gasteiger partial charge in [-0.3, -0.25) is 14.6 Å². The number of imidazole rings is 1. The Hall–Kier alpha value is -4.26. The SMILES string of the molecule is CC(=O)OC(C)(C)C(=O)Nc1ccc(-c2cccc(-c3nc(C(C)C)[nH]c3-c3cccc(C)n3)c2)cc1. The van der Waals surface area contributed by atoms with Gasteiger partial charge in [0.1, 0.15) is 5.82 Å². The van der Waals surface area contributed by atoms with Crippen molar-refractivity contribution in [3.05, 3.63) is 78.2 Å². The molecule has 2 aromatic carbocycles. The van der Waals surface area contributed by atoms with E-state index in [9.17, 15) is 9.59 Å². The van der Waals surface area contributed by atoms with Crippen molar-refractivity contribution in [1.29, 1.82) is 0 Å². The van der Waals surface area contributed by atoms with E-state index in [4.69, 9.17) is 14.7 Å². The van der Waals surface area contributed by atoms with Crippen LogP contribution in [0.2, 0.25) is 0 Å². The molecule has 0 spiro atoms. The molecular weight excluding hydrogens is 464 g/mol. The number of aromatic amines is 1. The number of nitrogens with zero attached hydrogens (tertiary/aromatic N) is 2. The van der Waals surface area contributed by atoms with Crippen LogP contribution in [0.3, 0.4) is 0 Å². The van der Waals surface area contributed by atoms with Gasteiger partial charge in [0, 0.05) is 29.8 Å². The summed E-state index contributed by atoms with van der Waals surface area (Å²) in [5.74, 6) is 0.257. The lowest BCUT2D eigenvalue weighted by Gasteiger charge is -2.23. The van der Waals surface area contributed by atoms with Gasteiger partial charge in [-0.25, -0.2) is 4.98 Å². The number of pyridine rings is 1. The Bertz CT molecular complexity index is 1440. The zero-order valence-electron chi connectivity index (χ0n) is 22.0. The standard InChI is InChI=1S/C30H32N4O3/c1-18(2)28-33-26(27(34-28)25-12-7-9-19(3)31-25)23-11-8-10-22(17-23)21-13-15-24(16-14-21)32-29(36)30(5,6)37-20(4)35/h7-18H,1-6H3,(H,32,36)(H,33,34). The molecular formula is C30H32N4O3. The van der Waals surface area contributed by atoms with Crippen molar-refractivity contribution < 1.29 is 14.3 Å². The molecule has 4 rings (SSSR count). The fourth-order valence-electron chi connectivity index (χ4n) is 4.02. The number of amides is 1. The summed E-state index contributed by atoms with van der Waals surface area (Å²) in [6, 6.07) is 21.7. The molecule has 0 aliphatic rings. The first kappa shape index (κ1) is 25.8. The minimum Gasteiger partial charge on any atom is -0.450 e. The number of ether oxygens (including phenoxy) is 1. The third-order valence-electron chi connectivity index (χ3n) is 5.97. The van der Waals surface area contributed by atoms with Gasteiger partial charge < -0.3 is 15.0 Å². The quantitative estimate of drug-likeness (QED) is 0.284. The Balaban J connectivity index is 1.63. The van der Waals surface area contributed by atoms with Crippen LogP contribution in [0.25, 0.3) is 33.8 Å². The van der Waals surface area contributed by atoms with Gasteiger partial charge in [0.15, 0.2) is 5.60 Å². The third kappa shape index (κ3) is 5.94. The van der Waals surface area contributed by atoms with Crippen LogP contribution in [0.5, 0.6) is 0 Å². The van der Waals surface area contributed by atoms with Crippen LogP contribution in [0.4, 0.5) is 5.69 Å². The monoisotopic (exact) mass is 496 g/mol. The number of H-pyrrole nitrogens is 1. The van der Waals surface area contributed by atoms with E-state index in [1.807, 2.05) is 61.5 Å². The van der Waals surface area contributed by atoms with Gasteiger partial charge in [0.25, 0.3) is 5.91 Å². The Kier molecular flexibility index (Phi) is 7.25. The molecule has 0 bridgehead atoms. The average Bonchev–Trinajstić information content (AvgIpc) is 3.30. The van der Waals surface area contributed by atoms with E-state index >= 15 is 0 Å². The van der Waals surface area contributed by atoms with E-state index in [0.717, 1.165) is 45.3 Å². The molecule has 7 nitrogen and oxygen atoms in total. The van der Waals surface area contributed by atoms with Crippen molar-refractivity contribution in [2.45, 2.75) is 53.1 Å². The average molecular weight is 497 g/mol. The fraction of sp³-hybridized carbons (Fsp3) is 0.267. The number of aromatic nitrogens is 3. The summed E-state index contributed by atoms with van der Waals surface area (Å²) in [6.07, 6.45) is 0. The molecule has 0 saturated heterocycles. The normalized spacial score (nSPS) is 11.4. The number of aryl methyl sites for hydroxylation is 1. The summed E-state index contributed by atoms with van der Waals surface area (Å²) in [5.41, 5.74) is 5.92. The van der Waals surface area contributed by atoms with Crippen molar-refractivity contribution in [2.24, 2.45) is 0 Å². The predicted molar refractivity (Wildman–Crippen MR) is 146 cm³/mol. The number of benzene rings is 2. The van der Waals surface area contributed by atoms with Gasteiger partial charge in [-0.2, -0.15) is 0 Å². The number of nitrogens with one attached hydrogen (secondary N) is 2. The van der Waals surface area contributed by atoms with E-state index < -0.39 is 17.5 Å². The molecule has 4 aromatic rings. The number of hydrogen-bond donors (Lipinski definition) is 2. The number of carbonyl (C=O) groups excluding carboxylic acids is 2. The third-order valence-corrected chi connectivity index (χ3v) is 5.97. The van der Waals surface area contributed by atoms with Crippen molar-refractivity contribution in [3.8, 4) is 33.8 Å². The Morgan fingerprint density at radius 2 is 1.59 bits per heavy atom. The Morgan fingerprint density at radius 3 is 2.24 bits per heavy atom. The van der Waals surface area contributed by atoms with Crippen molar-refractivity contribution >= 4 is 17.6 Å². The molecule has 2 aromatic heterocycles. The molecule has 2 N–H and O–H groups in total. The van der Waals surface area contributed by atoms with Gasteiger partial charge in [0.2, 0.25) is 0 Å². The minimum absolute atomic E-state index is 0.245. The number of esters is 1. The highest BCUT2D eigenvalue weighted by atomic mass is 16.6. The maximum atomic E-state index is 12.5. The maximum Gasteiger partial charge on any atom is 0.303 e. The molecule has 0 unspecified atom stereocenters. The highest BCUT2D eigenvalue weighted by Crippen LogP contribution is 2.33. The summed E-state index contributed by atoms with van der Waals surface area (Å²) in [6.45, 7) is 10.6. The molecule has 0 saturated carbocycles. The summed E-state index contributed by atoms with van der Waals surface area (Å²) in [4.78, 5) is 37.0. The van der Waals surface area contributed by atoms with Gasteiger partial charge in [-0.1, -0.05) is 50.2 Å². The van der Waals surface area contributed by atoms with Gasteiger partial charge in [-0.05, 0) is 62.2 Å². The second-order valence-electron chi connectivity index (χ2n) is 9.88. The van der Waals surface area contributed by atoms with E-state index in [-0.39, 0.29) is 5.92 Å². The smallest absolute Gasteiger partial charge is 0.303 e. The molecule has 0 atom stereocenters. The largest absolute Gasteiger partial charge is 0.450 e. The Labute approximate surface area is 217 Å². The first-order valence-corrected chi connectivity index (χ1v) is 12.3. The van der Waals surface area contributed by atoms with Gasteiger partial charge in [0.05, 0.1) is 17.1 Å². The molecule has 0 aliphatic carbocycles. The van der Waals surface area contributed by atoms with Crippen molar-refractivity contribution in [2.75, 3.05) is 5.32 Å². The van der Waals surface area contributed by atoms with Gasteiger partial charge in [-0.15, -0.1) is 0 Å². The van der Waals surface area contributed by atoms with Crippen LogP contribution in [-0.4, -0.2) is 32.4 Å². The van der Waals surface area contributed by atoms with Gasteiger partial charge >= 0.3 is 5.97 Å². The highest BCUT2D eigenvalue weighted by Gasteiger charge is 2.31. The summed E-state index contributed by atoms with van der Waals surface area (Å²) in [7, 11) is 0. The highest BCUT2D eigenvalue weighted by molar-refractivity contribution is 5.98. The van der Waals surface area contributed by atoms with E-state index in [1.54, 1.807) is 13.8 Å². The second-order valence-corrected chi connectivity index (χ2v) is 9.88. The molecule has 37 heavy (non-hydrogen) atoms. The van der Waals surface area contributed by atoms with Crippen molar-refractivity contribution in [3.63, 3.8) is 0 Å². The van der Waals surface area contributed by atoms with Crippen LogP contribution in [0.1, 0.15) is 52.1 Å². The zero-order chi connectivity index (χ0) is 26.7. The van der Waals surface area contributed by atoms with E-state index in [0.29, 0.717) is 5.69 Å². The second kappa shape index (κ2) is 10.4. The lowest BCUT2D eigenvalue weighted by molar-refractivity contribution is -0.160. The predicted octanol–water partition coefficient (Wildman–Crippen LogP) is 6.52. The topological polar surface area (TPSA) is 97.0 Å². The molecule has 7 heteroatoms. The molecule has 0 radical (unpaired) electrons. The van der Waals surface area contributed by atoms with Crippen LogP contribution in [-0.2, 0) is 14.3 Å². The lowest BCUT2D eigenvalue weighted by Crippen LogP contribution is -2.41. The lowest BCUT2D eigenvalue weighted by atomic mass is 10.00. The van der Waals surface area contributed by atoms with E-state index in [1.165, 1.54) is 6.92 Å². The summed E-state index contributed by atoms with van der Waals surface area (Å²) < 4.78 is 5.12. The van der Waals surface area contributed by atoms with E-state index in [2.05, 4.69) is 36.3 Å². The fourth-order valence-corrected chi connectivity index (χ4v) is 4.02. The number of carbonyl (C=O) groups is 2. The number of hydrogen-bond acceptors (Lipinski definition) is 5. The summed E-state index contributed by atoms with van der Waals surface area (Å²) in [5, 5.41) is 2.81. The van der Waals surface area contributed by atoms with Crippen LogP contribution in [0.15, 0.2) is 66.7 Å². The molecule has 2 heterocycles. The molecule has 0 aliphatic heterocycles. The zero-order valence-corrected chi connectivity index (χ0v) is 22.0. The first-order valence-electron chi connectivity index (χ1n) is 12.3. The first-order chi connectivity index (χ1) is 17.5. The van der Waals surface area contributed by atoms with Crippen molar-refractivity contribution in [1.82, 2.24) is 15.0 Å².